The number of carbonyl (C=O) groups is 2. The smallest absolute Gasteiger partial charge is 0.408 e. The van der Waals surface area contributed by atoms with Crippen LogP contribution < -0.4 is 5.32 Å². The molecule has 1 aliphatic heterocycles. The number of hydrogen-bond acceptors (Lipinski definition) is 5. The van der Waals surface area contributed by atoms with Gasteiger partial charge in [0, 0.05) is 12.3 Å². The van der Waals surface area contributed by atoms with Gasteiger partial charge in [-0.15, -0.1) is 0 Å². The molecule has 1 saturated carbocycles. The lowest BCUT2D eigenvalue weighted by Crippen LogP contribution is -2.52. The first-order valence-electron chi connectivity index (χ1n) is 10.7. The molecule has 162 valence electrons. The van der Waals surface area contributed by atoms with Crippen molar-refractivity contribution >= 4 is 23.9 Å². The molecule has 2 aliphatic rings. The van der Waals surface area contributed by atoms with Crippen LogP contribution in [0.3, 0.4) is 0 Å². The topological polar surface area (TPSA) is 61.9 Å². The third kappa shape index (κ3) is 7.47. The minimum Gasteiger partial charge on any atom is -0.444 e. The van der Waals surface area contributed by atoms with Gasteiger partial charge in [-0.05, 0) is 66.1 Å². The molecular formula is C21H39N3O3S. The van der Waals surface area contributed by atoms with Gasteiger partial charge in [-0.1, -0.05) is 44.1 Å². The van der Waals surface area contributed by atoms with Crippen LogP contribution in [0.2, 0.25) is 0 Å². The van der Waals surface area contributed by atoms with Crippen LogP contribution in [-0.2, 0) is 9.53 Å². The van der Waals surface area contributed by atoms with Crippen LogP contribution in [0.15, 0.2) is 0 Å². The van der Waals surface area contributed by atoms with E-state index in [4.69, 9.17) is 4.74 Å². The first-order valence-corrected chi connectivity index (χ1v) is 11.9. The van der Waals surface area contributed by atoms with E-state index in [1.165, 1.54) is 31.2 Å². The summed E-state index contributed by atoms with van der Waals surface area (Å²) in [6.07, 6.45) is 10.1. The molecule has 2 fully saturated rings. The van der Waals surface area contributed by atoms with E-state index in [-0.39, 0.29) is 11.9 Å². The number of alkyl carbamates (subject to hydrolysis) is 1. The molecule has 2 rings (SSSR count). The van der Waals surface area contributed by atoms with Crippen LogP contribution in [0, 0.1) is 5.92 Å². The largest absolute Gasteiger partial charge is 0.444 e. The highest BCUT2D eigenvalue weighted by molar-refractivity contribution is 7.96. The molecule has 1 N–H and O–H groups in total. The van der Waals surface area contributed by atoms with Gasteiger partial charge in [0.05, 0.1) is 0 Å². The molecule has 1 saturated heterocycles. The summed E-state index contributed by atoms with van der Waals surface area (Å²) in [4.78, 5) is 28.2. The molecule has 2 amide bonds. The normalized spacial score (nSPS) is 21.2. The second-order valence-corrected chi connectivity index (χ2v) is 10.1. The quantitative estimate of drug-likeness (QED) is 0.666. The van der Waals surface area contributed by atoms with Crippen LogP contribution in [0.1, 0.15) is 72.1 Å². The minimum absolute atomic E-state index is 0.0264. The molecule has 0 spiro atoms. The van der Waals surface area contributed by atoms with Gasteiger partial charge in [0.2, 0.25) is 0 Å². The van der Waals surface area contributed by atoms with Crippen molar-refractivity contribution in [2.75, 3.05) is 26.4 Å². The Balaban J connectivity index is 2.08. The molecule has 0 unspecified atom stereocenters. The molecule has 7 heteroatoms. The zero-order chi connectivity index (χ0) is 20.7. The zero-order valence-corrected chi connectivity index (χ0v) is 19.1. The van der Waals surface area contributed by atoms with Crippen molar-refractivity contribution in [3.63, 3.8) is 0 Å². The van der Waals surface area contributed by atoms with Gasteiger partial charge in [0.15, 0.2) is 0 Å². The monoisotopic (exact) mass is 413 g/mol. The number of nitrogens with one attached hydrogen (secondary N) is 1. The predicted molar refractivity (Wildman–Crippen MR) is 115 cm³/mol. The summed E-state index contributed by atoms with van der Waals surface area (Å²) in [7, 11) is 2.12. The summed E-state index contributed by atoms with van der Waals surface area (Å²) in [6, 6.07) is -0.280. The van der Waals surface area contributed by atoms with Crippen molar-refractivity contribution < 1.29 is 14.3 Å². The van der Waals surface area contributed by atoms with Crippen LogP contribution >= 0.6 is 11.9 Å². The first-order chi connectivity index (χ1) is 13.2. The van der Waals surface area contributed by atoms with E-state index >= 15 is 0 Å². The summed E-state index contributed by atoms with van der Waals surface area (Å²) in [6.45, 7) is 7.54. The van der Waals surface area contributed by atoms with Crippen molar-refractivity contribution in [2.24, 2.45) is 5.92 Å². The van der Waals surface area contributed by atoms with Crippen molar-refractivity contribution in [1.29, 1.82) is 0 Å². The standard InChI is InChI=1S/C21H39N3O3S/c1-21(2,3)27-20(26)22-18(15-16-9-7-6-8-10-16)19(25)24(28-5)17-11-13-23(4)14-12-17/h16-18H,6-15H2,1-5H3,(H,22,26)/t18-/m1/s1. The second kappa shape index (κ2) is 10.7. The van der Waals surface area contributed by atoms with Crippen molar-refractivity contribution in [3.05, 3.63) is 0 Å². The molecule has 1 atom stereocenters. The molecule has 6 nitrogen and oxygen atoms in total. The number of amides is 2. The number of piperidine rings is 1. The first kappa shape index (κ1) is 23.3. The van der Waals surface area contributed by atoms with Crippen LogP contribution in [-0.4, -0.2) is 65.3 Å². The van der Waals surface area contributed by atoms with Crippen LogP contribution in [0.4, 0.5) is 4.79 Å². The summed E-state index contributed by atoms with van der Waals surface area (Å²) in [5, 5.41) is 2.91. The van der Waals surface area contributed by atoms with Gasteiger partial charge in [0.1, 0.15) is 11.6 Å². The maximum absolute atomic E-state index is 13.5. The Labute approximate surface area is 175 Å². The lowest BCUT2D eigenvalue weighted by molar-refractivity contribution is -0.130. The lowest BCUT2D eigenvalue weighted by Gasteiger charge is -2.38. The van der Waals surface area contributed by atoms with E-state index < -0.39 is 17.7 Å². The Hall–Kier alpha value is -0.950. The fraction of sp³-hybridized carbons (Fsp3) is 0.905. The summed E-state index contributed by atoms with van der Waals surface area (Å²) >= 11 is 1.49. The summed E-state index contributed by atoms with van der Waals surface area (Å²) in [5.74, 6) is 0.525. The zero-order valence-electron chi connectivity index (χ0n) is 18.3. The molecular weight excluding hydrogens is 374 g/mol. The second-order valence-electron chi connectivity index (χ2n) is 9.32. The van der Waals surface area contributed by atoms with E-state index in [2.05, 4.69) is 17.3 Å². The number of nitrogens with zero attached hydrogens (tertiary/aromatic N) is 2. The van der Waals surface area contributed by atoms with Gasteiger partial charge < -0.3 is 15.0 Å². The number of ether oxygens (including phenoxy) is 1. The number of hydrogen-bond donors (Lipinski definition) is 1. The van der Waals surface area contributed by atoms with Crippen molar-refractivity contribution in [2.45, 2.75) is 89.8 Å². The molecule has 0 bridgehead atoms. The lowest BCUT2D eigenvalue weighted by atomic mass is 9.84. The maximum atomic E-state index is 13.5. The molecule has 0 aromatic rings. The molecule has 0 aromatic heterocycles. The van der Waals surface area contributed by atoms with E-state index in [0.717, 1.165) is 38.8 Å². The Morgan fingerprint density at radius 1 is 1.14 bits per heavy atom. The number of likely N-dealkylation sites (tertiary alicyclic amines) is 1. The van der Waals surface area contributed by atoms with Gasteiger partial charge >= 0.3 is 6.09 Å². The average molecular weight is 414 g/mol. The molecule has 0 radical (unpaired) electrons. The molecule has 28 heavy (non-hydrogen) atoms. The number of carbonyl (C=O) groups excluding carboxylic acids is 2. The molecule has 0 aromatic carbocycles. The van der Waals surface area contributed by atoms with E-state index in [0.29, 0.717) is 12.3 Å². The summed E-state index contributed by atoms with van der Waals surface area (Å²) in [5.41, 5.74) is -0.574. The van der Waals surface area contributed by atoms with Crippen LogP contribution in [0.25, 0.3) is 0 Å². The average Bonchev–Trinajstić information content (AvgIpc) is 2.62. The van der Waals surface area contributed by atoms with Gasteiger partial charge in [-0.25, -0.2) is 4.79 Å². The minimum atomic E-state index is -0.574. The third-order valence-electron chi connectivity index (χ3n) is 5.72. The highest BCUT2D eigenvalue weighted by Gasteiger charge is 2.34. The third-order valence-corrected chi connectivity index (χ3v) is 6.59. The predicted octanol–water partition coefficient (Wildman–Crippen LogP) is 4.05. The van der Waals surface area contributed by atoms with Crippen molar-refractivity contribution in [3.8, 4) is 0 Å². The van der Waals surface area contributed by atoms with Crippen LogP contribution in [0.5, 0.6) is 0 Å². The highest BCUT2D eigenvalue weighted by atomic mass is 32.2. The Kier molecular flexibility index (Phi) is 8.93. The van der Waals surface area contributed by atoms with E-state index in [1.54, 1.807) is 0 Å². The van der Waals surface area contributed by atoms with E-state index in [9.17, 15) is 9.59 Å². The Morgan fingerprint density at radius 2 is 1.75 bits per heavy atom. The summed E-state index contributed by atoms with van der Waals surface area (Å²) < 4.78 is 7.36. The SMILES string of the molecule is CSN(C(=O)[C@@H](CC1CCCCC1)NC(=O)OC(C)(C)C)C1CCN(C)CC1. The van der Waals surface area contributed by atoms with Crippen molar-refractivity contribution in [1.82, 2.24) is 14.5 Å². The fourth-order valence-electron chi connectivity index (χ4n) is 4.23. The Bertz CT molecular complexity index is 510. The van der Waals surface area contributed by atoms with E-state index in [1.807, 2.05) is 31.3 Å². The fourth-order valence-corrected chi connectivity index (χ4v) is 5.05. The van der Waals surface area contributed by atoms with Gasteiger partial charge in [-0.2, -0.15) is 0 Å². The molecule has 1 aliphatic carbocycles. The van der Waals surface area contributed by atoms with Gasteiger partial charge in [0.25, 0.3) is 5.91 Å². The maximum Gasteiger partial charge on any atom is 0.408 e. The number of rotatable bonds is 6. The van der Waals surface area contributed by atoms with Gasteiger partial charge in [-0.3, -0.25) is 9.10 Å². The highest BCUT2D eigenvalue weighted by Crippen LogP contribution is 2.29. The molecule has 1 heterocycles. The Morgan fingerprint density at radius 3 is 2.29 bits per heavy atom.